The Balaban J connectivity index is 3.22. The largest absolute Gasteiger partial charge is 0.393 e. The van der Waals surface area contributed by atoms with Crippen LogP contribution in [0.5, 0.6) is 0 Å². The van der Waals surface area contributed by atoms with Gasteiger partial charge in [-0.25, -0.2) is 13.1 Å². The van der Waals surface area contributed by atoms with Crippen molar-refractivity contribution in [1.82, 2.24) is 4.72 Å². The molecule has 0 heterocycles. The molecule has 0 aliphatic rings. The van der Waals surface area contributed by atoms with Gasteiger partial charge in [-0.05, 0) is 31.4 Å². The van der Waals surface area contributed by atoms with Crippen molar-refractivity contribution in [3.8, 4) is 0 Å². The van der Waals surface area contributed by atoms with Gasteiger partial charge >= 0.3 is 0 Å². The average Bonchev–Trinajstić information content (AvgIpc) is 2.37. The van der Waals surface area contributed by atoms with E-state index in [1.54, 1.807) is 31.2 Å². The second kappa shape index (κ2) is 7.03. The maximum atomic E-state index is 12.3. The maximum Gasteiger partial charge on any atom is 0.240 e. The first-order chi connectivity index (χ1) is 8.94. The average molecular weight is 285 g/mol. The first kappa shape index (κ1) is 16.1. The normalized spacial score (nSPS) is 15.2. The van der Waals surface area contributed by atoms with Crippen LogP contribution in [0.15, 0.2) is 29.2 Å². The van der Waals surface area contributed by atoms with Gasteiger partial charge in [-0.1, -0.05) is 32.0 Å². The predicted molar refractivity (Wildman–Crippen MR) is 76.6 cm³/mol. The Morgan fingerprint density at radius 2 is 1.89 bits per heavy atom. The lowest BCUT2D eigenvalue weighted by molar-refractivity contribution is 0.158. The fourth-order valence-corrected chi connectivity index (χ4v) is 3.58. The van der Waals surface area contributed by atoms with E-state index in [0.29, 0.717) is 18.5 Å². The van der Waals surface area contributed by atoms with Crippen LogP contribution in [0.3, 0.4) is 0 Å². The van der Waals surface area contributed by atoms with Crippen LogP contribution in [0.25, 0.3) is 0 Å². The highest BCUT2D eigenvalue weighted by molar-refractivity contribution is 7.89. The van der Waals surface area contributed by atoms with Gasteiger partial charge in [0.05, 0.1) is 11.0 Å². The highest BCUT2D eigenvalue weighted by Crippen LogP contribution is 2.29. The van der Waals surface area contributed by atoms with Gasteiger partial charge in [0.2, 0.25) is 10.0 Å². The van der Waals surface area contributed by atoms with Crippen LogP contribution in [-0.4, -0.2) is 26.2 Å². The maximum absolute atomic E-state index is 12.3. The van der Waals surface area contributed by atoms with E-state index in [1.165, 1.54) is 0 Å². The predicted octanol–water partition coefficient (Wildman–Crippen LogP) is 2.25. The zero-order valence-electron chi connectivity index (χ0n) is 11.8. The lowest BCUT2D eigenvalue weighted by Gasteiger charge is -2.21. The Bertz CT molecular complexity index is 497. The van der Waals surface area contributed by atoms with E-state index in [9.17, 15) is 13.5 Å². The molecular formula is C14H23NO3S. The number of hydrogen-bond donors (Lipinski definition) is 2. The lowest BCUT2D eigenvalue weighted by Crippen LogP contribution is -2.27. The molecule has 0 aromatic heterocycles. The summed E-state index contributed by atoms with van der Waals surface area (Å²) in [6, 6.07) is 6.89. The topological polar surface area (TPSA) is 66.4 Å². The minimum Gasteiger partial charge on any atom is -0.393 e. The summed E-state index contributed by atoms with van der Waals surface area (Å²) < 4.78 is 27.1. The summed E-state index contributed by atoms with van der Waals surface area (Å²) >= 11 is 0. The summed E-state index contributed by atoms with van der Waals surface area (Å²) in [6.07, 6.45) is 0.861. The van der Waals surface area contributed by atoms with Crippen molar-refractivity contribution in [3.05, 3.63) is 29.8 Å². The highest BCUT2D eigenvalue weighted by Gasteiger charge is 2.24. The summed E-state index contributed by atoms with van der Waals surface area (Å²) in [6.45, 7) is 5.97. The summed E-state index contributed by atoms with van der Waals surface area (Å²) in [5, 5.41) is 9.82. The molecule has 0 amide bonds. The van der Waals surface area contributed by atoms with Crippen molar-refractivity contribution in [3.63, 3.8) is 0 Å². The molecule has 0 saturated carbocycles. The molecule has 0 spiro atoms. The third kappa shape index (κ3) is 4.03. The zero-order valence-corrected chi connectivity index (χ0v) is 12.6. The van der Waals surface area contributed by atoms with Crippen molar-refractivity contribution in [2.24, 2.45) is 0 Å². The molecule has 1 aromatic rings. The van der Waals surface area contributed by atoms with E-state index in [0.717, 1.165) is 6.42 Å². The van der Waals surface area contributed by atoms with Gasteiger partial charge in [-0.15, -0.1) is 0 Å². The second-order valence-corrected chi connectivity index (χ2v) is 6.43. The van der Waals surface area contributed by atoms with Gasteiger partial charge in [0.25, 0.3) is 0 Å². The monoisotopic (exact) mass is 285 g/mol. The zero-order chi connectivity index (χ0) is 14.5. The Labute approximate surface area is 115 Å². The lowest BCUT2D eigenvalue weighted by atomic mass is 9.92. The van der Waals surface area contributed by atoms with Gasteiger partial charge in [0, 0.05) is 12.5 Å². The van der Waals surface area contributed by atoms with E-state index >= 15 is 0 Å². The molecule has 1 aromatic carbocycles. The molecule has 0 aliphatic carbocycles. The number of hydrogen-bond acceptors (Lipinski definition) is 3. The van der Waals surface area contributed by atoms with Gasteiger partial charge in [0.1, 0.15) is 0 Å². The molecule has 1 rings (SSSR count). The van der Waals surface area contributed by atoms with Crippen LogP contribution in [0.4, 0.5) is 0 Å². The Morgan fingerprint density at radius 3 is 2.42 bits per heavy atom. The molecule has 0 fully saturated rings. The number of benzene rings is 1. The van der Waals surface area contributed by atoms with E-state index in [4.69, 9.17) is 0 Å². The fourth-order valence-electron chi connectivity index (χ4n) is 2.17. The summed E-state index contributed by atoms with van der Waals surface area (Å²) in [5.41, 5.74) is 0.684. The number of nitrogens with one attached hydrogen (secondary N) is 1. The molecule has 0 saturated heterocycles. The van der Waals surface area contributed by atoms with E-state index in [2.05, 4.69) is 4.72 Å². The van der Waals surface area contributed by atoms with Crippen LogP contribution in [0, 0.1) is 0 Å². The smallest absolute Gasteiger partial charge is 0.240 e. The standard InChI is InChI=1S/C14H23NO3S/c1-4-10-15-19(17,18)14-9-7-6-8-13(14)12(5-2)11(3)16/h6-9,11-12,15-16H,4-5,10H2,1-3H3. The Kier molecular flexibility index (Phi) is 5.97. The molecule has 5 heteroatoms. The van der Waals surface area contributed by atoms with Crippen molar-refractivity contribution in [2.75, 3.05) is 6.54 Å². The molecule has 108 valence electrons. The number of rotatable bonds is 7. The quantitative estimate of drug-likeness (QED) is 0.807. The van der Waals surface area contributed by atoms with E-state index in [-0.39, 0.29) is 10.8 Å². The first-order valence-electron chi connectivity index (χ1n) is 6.70. The Hall–Kier alpha value is -0.910. The highest BCUT2D eigenvalue weighted by atomic mass is 32.2. The van der Waals surface area contributed by atoms with E-state index in [1.807, 2.05) is 13.8 Å². The fraction of sp³-hybridized carbons (Fsp3) is 0.571. The van der Waals surface area contributed by atoms with Crippen LogP contribution in [0.1, 0.15) is 45.1 Å². The minimum absolute atomic E-state index is 0.172. The van der Waals surface area contributed by atoms with Gasteiger partial charge in [-0.3, -0.25) is 0 Å². The molecule has 0 bridgehead atoms. The second-order valence-electron chi connectivity index (χ2n) is 4.69. The summed E-state index contributed by atoms with van der Waals surface area (Å²) in [7, 11) is -3.50. The number of aliphatic hydroxyl groups is 1. The minimum atomic E-state index is -3.50. The Morgan fingerprint density at radius 1 is 1.26 bits per heavy atom. The number of sulfonamides is 1. The van der Waals surface area contributed by atoms with Crippen LogP contribution >= 0.6 is 0 Å². The van der Waals surface area contributed by atoms with Crippen LogP contribution < -0.4 is 4.72 Å². The van der Waals surface area contributed by atoms with Gasteiger partial charge in [-0.2, -0.15) is 0 Å². The molecule has 2 atom stereocenters. The molecule has 2 unspecified atom stereocenters. The first-order valence-corrected chi connectivity index (χ1v) is 8.19. The van der Waals surface area contributed by atoms with E-state index < -0.39 is 16.1 Å². The molecular weight excluding hydrogens is 262 g/mol. The summed E-state index contributed by atoms with van der Waals surface area (Å²) in [4.78, 5) is 0.274. The molecule has 4 nitrogen and oxygen atoms in total. The number of aliphatic hydroxyl groups excluding tert-OH is 1. The molecule has 0 aliphatic heterocycles. The third-order valence-electron chi connectivity index (χ3n) is 3.17. The van der Waals surface area contributed by atoms with Crippen LogP contribution in [0.2, 0.25) is 0 Å². The third-order valence-corrected chi connectivity index (χ3v) is 4.71. The molecule has 19 heavy (non-hydrogen) atoms. The SMILES string of the molecule is CCCNS(=O)(=O)c1ccccc1C(CC)C(C)O. The van der Waals surface area contributed by atoms with Crippen molar-refractivity contribution >= 4 is 10.0 Å². The molecule has 0 radical (unpaired) electrons. The molecule has 2 N–H and O–H groups in total. The van der Waals surface area contributed by atoms with Gasteiger partial charge in [0.15, 0.2) is 0 Å². The van der Waals surface area contributed by atoms with Crippen molar-refractivity contribution in [2.45, 2.75) is 50.5 Å². The van der Waals surface area contributed by atoms with Crippen molar-refractivity contribution in [1.29, 1.82) is 0 Å². The van der Waals surface area contributed by atoms with Crippen LogP contribution in [-0.2, 0) is 10.0 Å². The summed E-state index contributed by atoms with van der Waals surface area (Å²) in [5.74, 6) is -0.172. The van der Waals surface area contributed by atoms with Gasteiger partial charge < -0.3 is 5.11 Å². The van der Waals surface area contributed by atoms with Crippen molar-refractivity contribution < 1.29 is 13.5 Å².